The molecule has 1 saturated carbocycles. The molecule has 1 heterocycles. The number of rotatable bonds is 3. The Kier molecular flexibility index (Phi) is 3.97. The SMILES string of the molecule is O=C(NC1CC1)C1CCCN1C(=O)c1ccc(Br)cc1F. The smallest absolute Gasteiger partial charge is 0.257 e. The molecule has 112 valence electrons. The fourth-order valence-electron chi connectivity index (χ4n) is 2.63. The lowest BCUT2D eigenvalue weighted by Crippen LogP contribution is -2.46. The maximum atomic E-state index is 13.9. The van der Waals surface area contributed by atoms with Crippen LogP contribution < -0.4 is 5.32 Å². The predicted octanol–water partition coefficient (Wildman–Crippen LogP) is 2.47. The molecule has 0 spiro atoms. The van der Waals surface area contributed by atoms with Gasteiger partial charge in [-0.1, -0.05) is 15.9 Å². The van der Waals surface area contributed by atoms with Gasteiger partial charge in [0.1, 0.15) is 11.9 Å². The first-order chi connectivity index (χ1) is 10.1. The van der Waals surface area contributed by atoms with Gasteiger partial charge < -0.3 is 10.2 Å². The average molecular weight is 355 g/mol. The standard InChI is InChI=1S/C15H16BrFN2O2/c16-9-3-6-11(12(17)8-9)15(21)19-7-1-2-13(19)14(20)18-10-4-5-10/h3,6,8,10,13H,1-2,4-5,7H2,(H,18,20). The molecule has 4 nitrogen and oxygen atoms in total. The van der Waals surface area contributed by atoms with Crippen molar-refractivity contribution in [1.29, 1.82) is 0 Å². The first-order valence-corrected chi connectivity index (χ1v) is 7.92. The van der Waals surface area contributed by atoms with E-state index in [-0.39, 0.29) is 17.5 Å². The molecule has 1 aromatic rings. The van der Waals surface area contributed by atoms with Gasteiger partial charge in [-0.25, -0.2) is 4.39 Å². The monoisotopic (exact) mass is 354 g/mol. The highest BCUT2D eigenvalue weighted by Crippen LogP contribution is 2.25. The summed E-state index contributed by atoms with van der Waals surface area (Å²) in [5, 5.41) is 2.92. The topological polar surface area (TPSA) is 49.4 Å². The van der Waals surface area contributed by atoms with Crippen molar-refractivity contribution in [1.82, 2.24) is 10.2 Å². The minimum Gasteiger partial charge on any atom is -0.352 e. The Labute approximate surface area is 130 Å². The minimum absolute atomic E-state index is 0.0179. The van der Waals surface area contributed by atoms with Gasteiger partial charge in [0.05, 0.1) is 5.56 Å². The molecule has 1 aromatic carbocycles. The Morgan fingerprint density at radius 3 is 2.71 bits per heavy atom. The summed E-state index contributed by atoms with van der Waals surface area (Å²) in [7, 11) is 0. The van der Waals surface area contributed by atoms with Crippen molar-refractivity contribution in [2.75, 3.05) is 6.54 Å². The highest BCUT2D eigenvalue weighted by molar-refractivity contribution is 9.10. The lowest BCUT2D eigenvalue weighted by Gasteiger charge is -2.24. The molecule has 1 aliphatic carbocycles. The van der Waals surface area contributed by atoms with Crippen molar-refractivity contribution in [2.45, 2.75) is 37.8 Å². The fraction of sp³-hybridized carbons (Fsp3) is 0.467. The molecule has 0 radical (unpaired) electrons. The Morgan fingerprint density at radius 1 is 1.29 bits per heavy atom. The van der Waals surface area contributed by atoms with Gasteiger partial charge in [0.2, 0.25) is 5.91 Å². The first-order valence-electron chi connectivity index (χ1n) is 7.12. The van der Waals surface area contributed by atoms with Gasteiger partial charge >= 0.3 is 0 Å². The molecule has 0 aromatic heterocycles. The summed E-state index contributed by atoms with van der Waals surface area (Å²) < 4.78 is 14.5. The largest absolute Gasteiger partial charge is 0.352 e. The van der Waals surface area contributed by atoms with Crippen LogP contribution >= 0.6 is 15.9 Å². The van der Waals surface area contributed by atoms with Crippen LogP contribution in [0.15, 0.2) is 22.7 Å². The number of likely N-dealkylation sites (tertiary alicyclic amines) is 1. The van der Waals surface area contributed by atoms with E-state index in [0.29, 0.717) is 17.4 Å². The minimum atomic E-state index is -0.567. The van der Waals surface area contributed by atoms with Crippen molar-refractivity contribution in [3.63, 3.8) is 0 Å². The molecule has 1 unspecified atom stereocenters. The number of carbonyl (C=O) groups excluding carboxylic acids is 2. The number of hydrogen-bond donors (Lipinski definition) is 1. The highest BCUT2D eigenvalue weighted by atomic mass is 79.9. The van der Waals surface area contributed by atoms with Gasteiger partial charge in [-0.05, 0) is 43.9 Å². The summed E-state index contributed by atoms with van der Waals surface area (Å²) >= 11 is 3.17. The molecule has 0 bridgehead atoms. The number of carbonyl (C=O) groups is 2. The van der Waals surface area contributed by atoms with Crippen LogP contribution in [0.2, 0.25) is 0 Å². The Morgan fingerprint density at radius 2 is 2.05 bits per heavy atom. The molecular formula is C15H16BrFN2O2. The molecule has 2 amide bonds. The summed E-state index contributed by atoms with van der Waals surface area (Å²) in [6, 6.07) is 4.14. The molecule has 1 aliphatic heterocycles. The maximum absolute atomic E-state index is 13.9. The zero-order valence-electron chi connectivity index (χ0n) is 11.4. The summed E-state index contributed by atoms with van der Waals surface area (Å²) in [4.78, 5) is 26.2. The molecule has 1 atom stereocenters. The first kappa shape index (κ1) is 14.5. The second kappa shape index (κ2) is 5.75. The third-order valence-corrected chi connectivity index (χ3v) is 4.39. The number of nitrogens with one attached hydrogen (secondary N) is 1. The number of halogens is 2. The van der Waals surface area contributed by atoms with Crippen molar-refractivity contribution in [2.24, 2.45) is 0 Å². The average Bonchev–Trinajstić information content (AvgIpc) is 3.11. The van der Waals surface area contributed by atoms with Crippen LogP contribution in [-0.2, 0) is 4.79 Å². The normalized spacial score (nSPS) is 21.4. The zero-order valence-corrected chi connectivity index (χ0v) is 13.0. The van der Waals surface area contributed by atoms with Crippen LogP contribution in [-0.4, -0.2) is 35.3 Å². The number of amides is 2. The van der Waals surface area contributed by atoms with Crippen LogP contribution in [0, 0.1) is 5.82 Å². The quantitative estimate of drug-likeness (QED) is 0.906. The Bertz CT molecular complexity index is 589. The van der Waals surface area contributed by atoms with E-state index in [1.807, 2.05) is 0 Å². The number of hydrogen-bond acceptors (Lipinski definition) is 2. The van der Waals surface area contributed by atoms with E-state index in [1.165, 1.54) is 17.0 Å². The van der Waals surface area contributed by atoms with E-state index in [0.717, 1.165) is 19.3 Å². The van der Waals surface area contributed by atoms with Gasteiger partial charge in [-0.3, -0.25) is 9.59 Å². The van der Waals surface area contributed by atoms with E-state index in [1.54, 1.807) is 6.07 Å². The van der Waals surface area contributed by atoms with Crippen LogP contribution in [0.1, 0.15) is 36.0 Å². The van der Waals surface area contributed by atoms with Gasteiger partial charge in [-0.2, -0.15) is 0 Å². The maximum Gasteiger partial charge on any atom is 0.257 e. The summed E-state index contributed by atoms with van der Waals surface area (Å²) in [6.45, 7) is 0.497. The lowest BCUT2D eigenvalue weighted by molar-refractivity contribution is -0.125. The van der Waals surface area contributed by atoms with Gasteiger partial charge in [0, 0.05) is 17.1 Å². The predicted molar refractivity (Wildman–Crippen MR) is 79.3 cm³/mol. The molecule has 6 heteroatoms. The van der Waals surface area contributed by atoms with E-state index >= 15 is 0 Å². The fourth-order valence-corrected chi connectivity index (χ4v) is 2.96. The van der Waals surface area contributed by atoms with E-state index in [2.05, 4.69) is 21.2 Å². The van der Waals surface area contributed by atoms with Crippen molar-refractivity contribution >= 4 is 27.7 Å². The van der Waals surface area contributed by atoms with E-state index in [4.69, 9.17) is 0 Å². The molecule has 1 saturated heterocycles. The van der Waals surface area contributed by atoms with Gasteiger partial charge in [0.15, 0.2) is 0 Å². The molecule has 3 rings (SSSR count). The highest BCUT2D eigenvalue weighted by Gasteiger charge is 2.37. The summed E-state index contributed by atoms with van der Waals surface area (Å²) in [5.41, 5.74) is 0.0179. The Hall–Kier alpha value is -1.43. The van der Waals surface area contributed by atoms with Gasteiger partial charge in [-0.15, -0.1) is 0 Å². The third-order valence-electron chi connectivity index (χ3n) is 3.90. The van der Waals surface area contributed by atoms with Crippen LogP contribution in [0.25, 0.3) is 0 Å². The lowest BCUT2D eigenvalue weighted by atomic mass is 10.1. The van der Waals surface area contributed by atoms with Crippen LogP contribution in [0.5, 0.6) is 0 Å². The molecular weight excluding hydrogens is 339 g/mol. The third kappa shape index (κ3) is 3.10. The van der Waals surface area contributed by atoms with Crippen molar-refractivity contribution < 1.29 is 14.0 Å². The van der Waals surface area contributed by atoms with Crippen LogP contribution in [0.3, 0.4) is 0 Å². The van der Waals surface area contributed by atoms with E-state index in [9.17, 15) is 14.0 Å². The number of benzene rings is 1. The second-order valence-electron chi connectivity index (χ2n) is 5.56. The molecule has 1 N–H and O–H groups in total. The van der Waals surface area contributed by atoms with Crippen LogP contribution in [0.4, 0.5) is 4.39 Å². The van der Waals surface area contributed by atoms with Crippen molar-refractivity contribution in [3.05, 3.63) is 34.1 Å². The number of nitrogens with zero attached hydrogens (tertiary/aromatic N) is 1. The molecule has 2 fully saturated rings. The Balaban J connectivity index is 1.77. The molecule has 2 aliphatic rings. The zero-order chi connectivity index (χ0) is 15.0. The second-order valence-corrected chi connectivity index (χ2v) is 6.48. The van der Waals surface area contributed by atoms with Crippen molar-refractivity contribution in [3.8, 4) is 0 Å². The van der Waals surface area contributed by atoms with E-state index < -0.39 is 17.8 Å². The summed E-state index contributed by atoms with van der Waals surface area (Å²) in [6.07, 6.45) is 3.43. The molecule has 21 heavy (non-hydrogen) atoms. The van der Waals surface area contributed by atoms with Gasteiger partial charge in [0.25, 0.3) is 5.91 Å². The summed E-state index contributed by atoms with van der Waals surface area (Å²) in [5.74, 6) is -1.09.